The van der Waals surface area contributed by atoms with E-state index in [0.717, 1.165) is 22.4 Å². The highest BCUT2D eigenvalue weighted by Gasteiger charge is 2.18. The molecule has 9 aromatic rings. The van der Waals surface area contributed by atoms with Gasteiger partial charge in [0.05, 0.1) is 11.0 Å². The van der Waals surface area contributed by atoms with E-state index in [1.807, 2.05) is 35.6 Å². The Kier molecular flexibility index (Phi) is 6.21. The van der Waals surface area contributed by atoms with E-state index in [2.05, 4.69) is 112 Å². The van der Waals surface area contributed by atoms with Crippen LogP contribution in [-0.2, 0) is 0 Å². The van der Waals surface area contributed by atoms with Crippen LogP contribution in [0.15, 0.2) is 146 Å². The van der Waals surface area contributed by atoms with Crippen LogP contribution in [0.1, 0.15) is 0 Å². The number of fused-ring (bicyclic) bond motifs is 5. The third kappa shape index (κ3) is 4.45. The fourth-order valence-electron chi connectivity index (χ4n) is 6.10. The molecule has 0 unspecified atom stereocenters. The van der Waals surface area contributed by atoms with E-state index >= 15 is 0 Å². The number of aromatic nitrogens is 6. The second kappa shape index (κ2) is 10.8. The van der Waals surface area contributed by atoms with Crippen LogP contribution in [0.25, 0.3) is 82.2 Å². The van der Waals surface area contributed by atoms with Crippen molar-refractivity contribution in [1.82, 2.24) is 29.5 Å². The zero-order valence-electron chi connectivity index (χ0n) is 24.4. The number of hydrogen-bond acceptors (Lipinski definition) is 6. The van der Waals surface area contributed by atoms with Crippen molar-refractivity contribution in [3.63, 3.8) is 0 Å². The number of benzene rings is 4. The van der Waals surface area contributed by atoms with Gasteiger partial charge in [-0.25, -0.2) is 15.0 Å². The minimum atomic E-state index is 0.598. The van der Waals surface area contributed by atoms with Crippen LogP contribution in [0, 0.1) is 0 Å². The summed E-state index contributed by atoms with van der Waals surface area (Å²) in [5, 5.41) is 3.79. The molecule has 0 aliphatic carbocycles. The Morgan fingerprint density at radius 3 is 1.72 bits per heavy atom. The molecule has 4 aromatic carbocycles. The van der Waals surface area contributed by atoms with Crippen molar-refractivity contribution in [3.8, 4) is 50.3 Å². The van der Waals surface area contributed by atoms with Crippen molar-refractivity contribution < 1.29 is 0 Å². The van der Waals surface area contributed by atoms with Gasteiger partial charge in [-0.15, -0.1) is 11.3 Å². The molecule has 5 aromatic heterocycles. The number of thiophene rings is 1. The minimum absolute atomic E-state index is 0.598. The lowest BCUT2D eigenvalue weighted by atomic mass is 10.1. The summed E-state index contributed by atoms with van der Waals surface area (Å²) >= 11 is 1.86. The molecule has 0 fully saturated rings. The van der Waals surface area contributed by atoms with Gasteiger partial charge in [-0.05, 0) is 77.7 Å². The molecule has 0 bridgehead atoms. The van der Waals surface area contributed by atoms with E-state index in [1.54, 1.807) is 24.8 Å². The Bertz CT molecular complexity index is 2450. The lowest BCUT2D eigenvalue weighted by molar-refractivity contribution is 1.07. The van der Waals surface area contributed by atoms with E-state index < -0.39 is 0 Å². The summed E-state index contributed by atoms with van der Waals surface area (Å²) in [5.74, 6) is 1.80. The molecule has 0 N–H and O–H groups in total. The van der Waals surface area contributed by atoms with Crippen LogP contribution < -0.4 is 0 Å². The van der Waals surface area contributed by atoms with Gasteiger partial charge in [0.25, 0.3) is 0 Å². The van der Waals surface area contributed by atoms with Crippen LogP contribution in [0.3, 0.4) is 0 Å². The molecule has 5 heterocycles. The van der Waals surface area contributed by atoms with Crippen LogP contribution in [0.2, 0.25) is 0 Å². The van der Waals surface area contributed by atoms with Crippen LogP contribution >= 0.6 is 11.3 Å². The molecular formula is C39H24N6S. The summed E-state index contributed by atoms with van der Waals surface area (Å²) in [6, 6.07) is 42.2. The molecule has 0 atom stereocenters. The summed E-state index contributed by atoms with van der Waals surface area (Å²) in [6.07, 6.45) is 6.99. The second-order valence-corrected chi connectivity index (χ2v) is 12.1. The molecule has 0 radical (unpaired) electrons. The predicted molar refractivity (Wildman–Crippen MR) is 187 cm³/mol. The van der Waals surface area contributed by atoms with Gasteiger partial charge in [-0.3, -0.25) is 9.97 Å². The summed E-state index contributed by atoms with van der Waals surface area (Å²) in [6.45, 7) is 0. The molecule has 9 rings (SSSR count). The van der Waals surface area contributed by atoms with Gasteiger partial charge in [0.1, 0.15) is 0 Å². The molecule has 0 spiro atoms. The number of hydrogen-bond donors (Lipinski definition) is 0. The topological polar surface area (TPSA) is 69.4 Å². The first-order valence-corrected chi connectivity index (χ1v) is 15.8. The number of pyridine rings is 2. The summed E-state index contributed by atoms with van der Waals surface area (Å²) < 4.78 is 3.66. The zero-order valence-corrected chi connectivity index (χ0v) is 25.3. The van der Waals surface area contributed by atoms with Gasteiger partial charge in [0.2, 0.25) is 0 Å². The first kappa shape index (κ1) is 26.4. The third-order valence-electron chi connectivity index (χ3n) is 8.27. The molecular weight excluding hydrogens is 585 g/mol. The predicted octanol–water partition coefficient (Wildman–Crippen LogP) is 9.64. The molecule has 7 heteroatoms. The highest BCUT2D eigenvalue weighted by atomic mass is 32.1. The van der Waals surface area contributed by atoms with Crippen LogP contribution in [0.4, 0.5) is 0 Å². The number of nitrogens with zero attached hydrogens (tertiary/aromatic N) is 6. The molecule has 0 aliphatic rings. The molecule has 0 amide bonds. The van der Waals surface area contributed by atoms with Gasteiger partial charge in [0.15, 0.2) is 17.5 Å². The van der Waals surface area contributed by atoms with Crippen molar-refractivity contribution in [2.75, 3.05) is 0 Å². The largest absolute Gasteiger partial charge is 0.309 e. The molecule has 6 nitrogen and oxygen atoms in total. The average Bonchev–Trinajstić information content (AvgIpc) is 3.72. The van der Waals surface area contributed by atoms with E-state index in [0.29, 0.717) is 17.5 Å². The summed E-state index contributed by atoms with van der Waals surface area (Å²) in [4.78, 5) is 24.2. The van der Waals surface area contributed by atoms with Gasteiger partial charge in [-0.1, -0.05) is 54.6 Å². The fourth-order valence-corrected chi connectivity index (χ4v) is 7.32. The first-order chi connectivity index (χ1) is 22.8. The van der Waals surface area contributed by atoms with Gasteiger partial charge >= 0.3 is 0 Å². The maximum Gasteiger partial charge on any atom is 0.164 e. The van der Waals surface area contributed by atoms with Crippen LogP contribution in [0.5, 0.6) is 0 Å². The fraction of sp³-hybridized carbons (Fsp3) is 0. The molecule has 0 saturated heterocycles. The Labute approximate surface area is 268 Å². The van der Waals surface area contributed by atoms with E-state index in [-0.39, 0.29) is 0 Å². The lowest BCUT2D eigenvalue weighted by Gasteiger charge is -2.10. The standard InChI is InChI=1S/C39H24N6S/c1-2-6-25(7-3-1)34-24-29-12-15-33-35(36(29)46-34)31-8-4-5-9-32(31)45(33)30-13-10-26(11-14-30)37-42-38(27-16-20-40-21-17-27)44-39(43-37)28-18-22-41-23-19-28/h1-24H. The second-order valence-electron chi connectivity index (χ2n) is 11.0. The number of rotatable bonds is 5. The summed E-state index contributed by atoms with van der Waals surface area (Å²) in [5.41, 5.74) is 7.35. The van der Waals surface area contributed by atoms with Crippen molar-refractivity contribution in [1.29, 1.82) is 0 Å². The monoisotopic (exact) mass is 608 g/mol. The maximum atomic E-state index is 4.88. The zero-order chi connectivity index (χ0) is 30.5. The Balaban J connectivity index is 1.18. The van der Waals surface area contributed by atoms with Crippen molar-refractivity contribution in [2.24, 2.45) is 0 Å². The van der Waals surface area contributed by atoms with Crippen molar-refractivity contribution in [2.45, 2.75) is 0 Å². The highest BCUT2D eigenvalue weighted by molar-refractivity contribution is 7.23. The molecule has 46 heavy (non-hydrogen) atoms. The quantitative estimate of drug-likeness (QED) is 0.195. The van der Waals surface area contributed by atoms with Gasteiger partial charge < -0.3 is 4.57 Å². The van der Waals surface area contributed by atoms with E-state index in [1.165, 1.54) is 42.3 Å². The molecule has 0 saturated carbocycles. The smallest absolute Gasteiger partial charge is 0.164 e. The SMILES string of the molecule is c1ccc(-c2cc3ccc4c(c5ccccc5n4-c4ccc(-c5nc(-c6ccncc6)nc(-c6ccncc6)n5)cc4)c3s2)cc1. The van der Waals surface area contributed by atoms with E-state index in [4.69, 9.17) is 15.0 Å². The van der Waals surface area contributed by atoms with Crippen LogP contribution in [-0.4, -0.2) is 29.5 Å². The Morgan fingerprint density at radius 2 is 1.07 bits per heavy atom. The normalized spacial score (nSPS) is 11.5. The number of para-hydroxylation sites is 1. The van der Waals surface area contributed by atoms with Gasteiger partial charge in [0, 0.05) is 67.5 Å². The average molecular weight is 609 g/mol. The Hall–Kier alpha value is -6.05. The third-order valence-corrected chi connectivity index (χ3v) is 9.49. The lowest BCUT2D eigenvalue weighted by Crippen LogP contribution is -2.00. The first-order valence-electron chi connectivity index (χ1n) is 15.0. The van der Waals surface area contributed by atoms with Gasteiger partial charge in [-0.2, -0.15) is 0 Å². The highest BCUT2D eigenvalue weighted by Crippen LogP contribution is 2.42. The van der Waals surface area contributed by atoms with Crippen molar-refractivity contribution in [3.05, 3.63) is 146 Å². The Morgan fingerprint density at radius 1 is 0.478 bits per heavy atom. The van der Waals surface area contributed by atoms with E-state index in [9.17, 15) is 0 Å². The van der Waals surface area contributed by atoms with Crippen molar-refractivity contribution >= 4 is 43.2 Å². The summed E-state index contributed by atoms with van der Waals surface area (Å²) in [7, 11) is 0. The maximum absolute atomic E-state index is 4.88. The minimum Gasteiger partial charge on any atom is -0.309 e. The molecule has 0 aliphatic heterocycles. The molecule has 216 valence electrons.